The third-order valence-corrected chi connectivity index (χ3v) is 3.72. The number of amides is 1. The molecule has 0 unspecified atom stereocenters. The van der Waals surface area contributed by atoms with Gasteiger partial charge in [0.1, 0.15) is 23.1 Å². The van der Waals surface area contributed by atoms with Crippen molar-refractivity contribution >= 4 is 29.8 Å². The molecule has 0 saturated heterocycles. The van der Waals surface area contributed by atoms with Gasteiger partial charge in [-0.05, 0) is 24.6 Å². The summed E-state index contributed by atoms with van der Waals surface area (Å²) in [6.07, 6.45) is 4.98. The highest BCUT2D eigenvalue weighted by Gasteiger charge is 2.13. The minimum absolute atomic E-state index is 0.183. The Morgan fingerprint density at radius 1 is 1.18 bits per heavy atom. The van der Waals surface area contributed by atoms with Gasteiger partial charge < -0.3 is 16.0 Å². The van der Waals surface area contributed by atoms with E-state index in [-0.39, 0.29) is 29.3 Å². The van der Waals surface area contributed by atoms with E-state index in [9.17, 15) is 9.18 Å². The van der Waals surface area contributed by atoms with Gasteiger partial charge in [0.25, 0.3) is 0 Å². The second-order valence-electron chi connectivity index (χ2n) is 5.73. The summed E-state index contributed by atoms with van der Waals surface area (Å²) in [5, 5.41) is 16.3. The molecule has 3 aromatic rings. The number of nitrogens with one attached hydrogen (secondary N) is 4. The fourth-order valence-corrected chi connectivity index (χ4v) is 2.36. The number of amidine groups is 1. The lowest BCUT2D eigenvalue weighted by Gasteiger charge is -2.16. The molecule has 0 aliphatic heterocycles. The van der Waals surface area contributed by atoms with Gasteiger partial charge in [0.2, 0.25) is 12.4 Å². The average Bonchev–Trinajstić information content (AvgIpc) is 2.69. The third-order valence-electron chi connectivity index (χ3n) is 3.72. The predicted molar refractivity (Wildman–Crippen MR) is 102 cm³/mol. The zero-order valence-electron chi connectivity index (χ0n) is 14.8. The molecule has 0 saturated carbocycles. The van der Waals surface area contributed by atoms with E-state index in [1.54, 1.807) is 12.1 Å². The van der Waals surface area contributed by atoms with Gasteiger partial charge in [0.05, 0.1) is 12.2 Å². The Hall–Kier alpha value is -3.95. The predicted octanol–water partition coefficient (Wildman–Crippen LogP) is 2.39. The Labute approximate surface area is 160 Å². The standard InChI is InChI=1S/C18H17FN8O/c1-11(12-2-4-13(19)5-3-12)24-18-25-14(17(20)23-10-28)8-15(27-18)26-16-9-21-6-7-22-16/h2-11H,1H3,(H2,20,23,28)(H2,22,24,25,26,27)/t11-/m0/s1. The topological polar surface area (TPSA) is 129 Å². The summed E-state index contributed by atoms with van der Waals surface area (Å²) in [5.74, 6) is 0.532. The summed E-state index contributed by atoms with van der Waals surface area (Å²) in [7, 11) is 0. The van der Waals surface area contributed by atoms with Crippen LogP contribution in [0.25, 0.3) is 0 Å². The summed E-state index contributed by atoms with van der Waals surface area (Å²) in [4.78, 5) is 27.4. The highest BCUT2D eigenvalue weighted by atomic mass is 19.1. The molecule has 0 spiro atoms. The maximum Gasteiger partial charge on any atom is 0.225 e. The Balaban J connectivity index is 1.88. The zero-order valence-corrected chi connectivity index (χ0v) is 14.8. The van der Waals surface area contributed by atoms with Crippen molar-refractivity contribution in [3.8, 4) is 0 Å². The minimum Gasteiger partial charge on any atom is -0.348 e. The van der Waals surface area contributed by atoms with Gasteiger partial charge >= 0.3 is 0 Å². The number of anilines is 3. The molecule has 0 bridgehead atoms. The summed E-state index contributed by atoms with van der Waals surface area (Å²) in [6.45, 7) is 1.87. The number of benzene rings is 1. The quantitative estimate of drug-likeness (QED) is 0.281. The number of nitrogens with zero attached hydrogens (tertiary/aromatic N) is 4. The first kappa shape index (κ1) is 18.8. The lowest BCUT2D eigenvalue weighted by atomic mass is 10.1. The molecule has 1 aromatic carbocycles. The molecule has 142 valence electrons. The maximum atomic E-state index is 13.1. The Morgan fingerprint density at radius 3 is 2.64 bits per heavy atom. The molecule has 0 aliphatic carbocycles. The van der Waals surface area contributed by atoms with E-state index in [4.69, 9.17) is 5.41 Å². The van der Waals surface area contributed by atoms with E-state index in [2.05, 4.69) is 35.9 Å². The monoisotopic (exact) mass is 380 g/mol. The SMILES string of the molecule is C[C@H](Nc1nc(Nc2cnccn2)cc(C(=N)NC=O)n1)c1ccc(F)cc1. The molecule has 9 nitrogen and oxygen atoms in total. The van der Waals surface area contributed by atoms with Crippen LogP contribution in [0.2, 0.25) is 0 Å². The number of carbonyl (C=O) groups excluding carboxylic acids is 1. The Bertz CT molecular complexity index is 965. The van der Waals surface area contributed by atoms with Crippen molar-refractivity contribution in [2.75, 3.05) is 10.6 Å². The van der Waals surface area contributed by atoms with Gasteiger partial charge in [0, 0.05) is 18.5 Å². The smallest absolute Gasteiger partial charge is 0.225 e. The van der Waals surface area contributed by atoms with E-state index >= 15 is 0 Å². The van der Waals surface area contributed by atoms with Crippen LogP contribution in [-0.2, 0) is 4.79 Å². The average molecular weight is 380 g/mol. The van der Waals surface area contributed by atoms with Crippen LogP contribution in [0.5, 0.6) is 0 Å². The number of rotatable bonds is 7. The summed E-state index contributed by atoms with van der Waals surface area (Å²) in [6, 6.07) is 7.33. The van der Waals surface area contributed by atoms with Crippen molar-refractivity contribution in [2.24, 2.45) is 0 Å². The van der Waals surface area contributed by atoms with Crippen LogP contribution in [0.15, 0.2) is 48.9 Å². The highest BCUT2D eigenvalue weighted by molar-refractivity contribution is 6.00. The molecule has 10 heteroatoms. The van der Waals surface area contributed by atoms with Crippen LogP contribution in [0.3, 0.4) is 0 Å². The van der Waals surface area contributed by atoms with Crippen molar-refractivity contribution in [3.05, 3.63) is 66.0 Å². The fourth-order valence-electron chi connectivity index (χ4n) is 2.36. The molecular weight excluding hydrogens is 363 g/mol. The van der Waals surface area contributed by atoms with Crippen molar-refractivity contribution in [1.82, 2.24) is 25.3 Å². The number of halogens is 1. The first-order chi connectivity index (χ1) is 13.5. The van der Waals surface area contributed by atoms with Crippen LogP contribution in [0, 0.1) is 11.2 Å². The normalized spacial score (nSPS) is 11.4. The molecule has 1 atom stereocenters. The molecule has 1 amide bonds. The van der Waals surface area contributed by atoms with Crippen molar-refractivity contribution in [2.45, 2.75) is 13.0 Å². The first-order valence-corrected chi connectivity index (χ1v) is 8.28. The van der Waals surface area contributed by atoms with Crippen molar-refractivity contribution < 1.29 is 9.18 Å². The van der Waals surface area contributed by atoms with Gasteiger partial charge in [-0.15, -0.1) is 0 Å². The Morgan fingerprint density at radius 2 is 1.96 bits per heavy atom. The van der Waals surface area contributed by atoms with Crippen molar-refractivity contribution in [1.29, 1.82) is 5.41 Å². The van der Waals surface area contributed by atoms with Gasteiger partial charge in [-0.1, -0.05) is 12.1 Å². The summed E-state index contributed by atoms with van der Waals surface area (Å²) < 4.78 is 13.1. The summed E-state index contributed by atoms with van der Waals surface area (Å²) in [5.41, 5.74) is 1.03. The molecule has 0 aliphatic rings. The van der Waals surface area contributed by atoms with Gasteiger partial charge in [0.15, 0.2) is 5.84 Å². The van der Waals surface area contributed by atoms with Crippen molar-refractivity contribution in [3.63, 3.8) is 0 Å². The van der Waals surface area contributed by atoms with Crippen LogP contribution >= 0.6 is 0 Å². The second-order valence-corrected chi connectivity index (χ2v) is 5.73. The lowest BCUT2D eigenvalue weighted by Crippen LogP contribution is -2.23. The van der Waals surface area contributed by atoms with E-state index in [0.717, 1.165) is 5.56 Å². The third kappa shape index (κ3) is 4.81. The van der Waals surface area contributed by atoms with Gasteiger partial charge in [-0.3, -0.25) is 15.2 Å². The molecule has 28 heavy (non-hydrogen) atoms. The number of hydrogen-bond donors (Lipinski definition) is 4. The highest BCUT2D eigenvalue weighted by Crippen LogP contribution is 2.20. The van der Waals surface area contributed by atoms with E-state index in [0.29, 0.717) is 18.0 Å². The van der Waals surface area contributed by atoms with Crippen LogP contribution in [0.1, 0.15) is 24.2 Å². The van der Waals surface area contributed by atoms with E-state index < -0.39 is 0 Å². The van der Waals surface area contributed by atoms with Crippen LogP contribution in [-0.4, -0.2) is 32.2 Å². The number of hydrogen-bond acceptors (Lipinski definition) is 8. The molecular formula is C18H17FN8O. The van der Waals surface area contributed by atoms with Gasteiger partial charge in [-0.25, -0.2) is 14.4 Å². The molecule has 3 rings (SSSR count). The molecule has 2 aromatic heterocycles. The first-order valence-electron chi connectivity index (χ1n) is 8.28. The minimum atomic E-state index is -0.321. The molecule has 4 N–H and O–H groups in total. The van der Waals surface area contributed by atoms with E-state index in [1.165, 1.54) is 36.8 Å². The molecule has 0 radical (unpaired) electrons. The fraction of sp³-hybridized carbons (Fsp3) is 0.111. The largest absolute Gasteiger partial charge is 0.348 e. The van der Waals surface area contributed by atoms with Gasteiger partial charge in [-0.2, -0.15) is 4.98 Å². The maximum absolute atomic E-state index is 13.1. The molecule has 2 heterocycles. The summed E-state index contributed by atoms with van der Waals surface area (Å²) >= 11 is 0. The molecule has 0 fully saturated rings. The number of carbonyl (C=O) groups is 1. The number of aromatic nitrogens is 4. The van der Waals surface area contributed by atoms with E-state index in [1.807, 2.05) is 6.92 Å². The Kier molecular flexibility index (Phi) is 5.80. The lowest BCUT2D eigenvalue weighted by molar-refractivity contribution is -0.108. The second kappa shape index (κ2) is 8.62. The van der Waals surface area contributed by atoms with Crippen LogP contribution in [0.4, 0.5) is 22.0 Å². The zero-order chi connectivity index (χ0) is 19.9. The van der Waals surface area contributed by atoms with Crippen LogP contribution < -0.4 is 16.0 Å².